The molecule has 0 atom stereocenters. The number of ether oxygens (including phenoxy) is 1. The van der Waals surface area contributed by atoms with Crippen LogP contribution in [0.25, 0.3) is 0 Å². The lowest BCUT2D eigenvalue weighted by Crippen LogP contribution is -2.19. The molecule has 3 N–H and O–H groups in total. The lowest BCUT2D eigenvalue weighted by Gasteiger charge is -2.21. The smallest absolute Gasteiger partial charge is 0.339 e. The van der Waals surface area contributed by atoms with Gasteiger partial charge in [-0.3, -0.25) is 0 Å². The molecule has 6 heteroatoms. The number of nitrogens with one attached hydrogen (secondary N) is 2. The van der Waals surface area contributed by atoms with E-state index in [-0.39, 0.29) is 11.3 Å². The monoisotopic (exact) mass is 438 g/mol. The Bertz CT molecular complexity index is 1190. The highest BCUT2D eigenvalue weighted by Gasteiger charge is 2.20. The molecule has 0 saturated carbocycles. The van der Waals surface area contributed by atoms with E-state index in [1.165, 1.54) is 6.07 Å². The Hall–Kier alpha value is -4.58. The summed E-state index contributed by atoms with van der Waals surface area (Å²) in [7, 11) is 0. The highest BCUT2D eigenvalue weighted by atomic mass is 16.5. The van der Waals surface area contributed by atoms with E-state index in [4.69, 9.17) is 4.74 Å². The second-order valence-corrected chi connectivity index (χ2v) is 7.28. The van der Waals surface area contributed by atoms with Crippen molar-refractivity contribution >= 4 is 23.4 Å². The zero-order valence-electron chi connectivity index (χ0n) is 17.6. The quantitative estimate of drug-likeness (QED) is 0.321. The van der Waals surface area contributed by atoms with Crippen LogP contribution in [0.2, 0.25) is 0 Å². The summed E-state index contributed by atoms with van der Waals surface area (Å²) in [5.41, 5.74) is 2.70. The van der Waals surface area contributed by atoms with E-state index in [0.717, 1.165) is 11.1 Å². The van der Waals surface area contributed by atoms with Crippen LogP contribution in [0.1, 0.15) is 27.6 Å². The van der Waals surface area contributed by atoms with Gasteiger partial charge in [0.05, 0.1) is 0 Å². The van der Waals surface area contributed by atoms with Gasteiger partial charge in [-0.05, 0) is 41.5 Å². The molecular formula is C27H22N2O4. The van der Waals surface area contributed by atoms with Crippen molar-refractivity contribution in [1.82, 2.24) is 0 Å². The molecular weight excluding hydrogens is 416 g/mol. The molecule has 0 aliphatic heterocycles. The molecule has 0 bridgehead atoms. The fourth-order valence-electron chi connectivity index (χ4n) is 3.40. The van der Waals surface area contributed by atoms with E-state index >= 15 is 0 Å². The minimum atomic E-state index is -1.16. The van der Waals surface area contributed by atoms with Crippen molar-refractivity contribution < 1.29 is 19.4 Å². The van der Waals surface area contributed by atoms with Gasteiger partial charge in [-0.2, -0.15) is 0 Å². The maximum atomic E-state index is 12.3. The van der Waals surface area contributed by atoms with Gasteiger partial charge in [-0.25, -0.2) is 9.59 Å². The maximum absolute atomic E-state index is 12.3. The van der Waals surface area contributed by atoms with Crippen molar-refractivity contribution in [1.29, 1.82) is 0 Å². The predicted octanol–water partition coefficient (Wildman–Crippen LogP) is 6.20. The van der Waals surface area contributed by atoms with Gasteiger partial charge in [0.2, 0.25) is 0 Å². The maximum Gasteiger partial charge on any atom is 0.339 e. The molecule has 4 aromatic carbocycles. The number of hydrogen-bond acceptors (Lipinski definition) is 3. The first-order valence-electron chi connectivity index (χ1n) is 10.4. The van der Waals surface area contributed by atoms with Crippen LogP contribution in [0.15, 0.2) is 109 Å². The molecule has 0 saturated heterocycles. The summed E-state index contributed by atoms with van der Waals surface area (Å²) >= 11 is 0. The van der Waals surface area contributed by atoms with Gasteiger partial charge in [-0.1, -0.05) is 78.9 Å². The topological polar surface area (TPSA) is 87.7 Å². The normalized spacial score (nSPS) is 10.5. The van der Waals surface area contributed by atoms with Crippen LogP contribution in [-0.4, -0.2) is 17.1 Å². The number of amides is 2. The van der Waals surface area contributed by atoms with Crippen LogP contribution in [0.4, 0.5) is 16.2 Å². The molecule has 0 aliphatic carbocycles. The largest absolute Gasteiger partial charge is 0.480 e. The fourth-order valence-corrected chi connectivity index (χ4v) is 3.40. The number of carboxylic acid groups (broad SMARTS) is 1. The SMILES string of the molecule is O=C(Nc1ccccc1)Nc1ccc(OC(c2ccccc2)c2ccccc2)c(C(=O)O)c1. The van der Waals surface area contributed by atoms with Gasteiger partial charge in [0.25, 0.3) is 0 Å². The first kappa shape index (κ1) is 21.6. The van der Waals surface area contributed by atoms with E-state index in [9.17, 15) is 14.7 Å². The number of aromatic carboxylic acids is 1. The van der Waals surface area contributed by atoms with Crippen LogP contribution in [0.5, 0.6) is 5.75 Å². The lowest BCUT2D eigenvalue weighted by molar-refractivity contribution is 0.0690. The molecule has 0 radical (unpaired) electrons. The Morgan fingerprint density at radius 3 is 1.73 bits per heavy atom. The third kappa shape index (κ3) is 5.57. The average Bonchev–Trinajstić information content (AvgIpc) is 2.84. The number of para-hydroxylation sites is 1. The number of carboxylic acids is 1. The summed E-state index contributed by atoms with van der Waals surface area (Å²) in [6, 6.07) is 32.2. The van der Waals surface area contributed by atoms with E-state index < -0.39 is 18.1 Å². The molecule has 0 aliphatic rings. The van der Waals surface area contributed by atoms with Crippen LogP contribution >= 0.6 is 0 Å². The van der Waals surface area contributed by atoms with E-state index in [1.54, 1.807) is 36.4 Å². The molecule has 0 aromatic heterocycles. The number of urea groups is 1. The molecule has 4 aromatic rings. The molecule has 164 valence electrons. The highest BCUT2D eigenvalue weighted by Crippen LogP contribution is 2.32. The summed E-state index contributed by atoms with van der Waals surface area (Å²) in [6.07, 6.45) is -0.495. The zero-order chi connectivity index (χ0) is 23.0. The Morgan fingerprint density at radius 1 is 0.667 bits per heavy atom. The summed E-state index contributed by atoms with van der Waals surface area (Å²) in [4.78, 5) is 24.3. The van der Waals surface area contributed by atoms with Crippen molar-refractivity contribution in [3.05, 3.63) is 126 Å². The van der Waals surface area contributed by atoms with E-state index in [1.807, 2.05) is 66.7 Å². The standard InChI is InChI=1S/C27H22N2O4/c30-26(31)23-18-22(29-27(32)28-21-14-8-3-9-15-21)16-17-24(23)33-25(19-10-4-1-5-11-19)20-12-6-2-7-13-20/h1-18,25H,(H,30,31)(H2,28,29,32). The second-order valence-electron chi connectivity index (χ2n) is 7.28. The van der Waals surface area contributed by atoms with E-state index in [0.29, 0.717) is 11.4 Å². The predicted molar refractivity (Wildman–Crippen MR) is 128 cm³/mol. The summed E-state index contributed by atoms with van der Waals surface area (Å²) in [5, 5.41) is 15.2. The van der Waals surface area contributed by atoms with E-state index in [2.05, 4.69) is 10.6 Å². The van der Waals surface area contributed by atoms with Gasteiger partial charge in [-0.15, -0.1) is 0 Å². The fraction of sp³-hybridized carbons (Fsp3) is 0.0370. The molecule has 0 fully saturated rings. The van der Waals surface area contributed by atoms with Gasteiger partial charge in [0.15, 0.2) is 0 Å². The molecule has 0 spiro atoms. The van der Waals surface area contributed by atoms with Crippen molar-refractivity contribution in [3.8, 4) is 5.75 Å². The summed E-state index contributed by atoms with van der Waals surface area (Å²) in [5.74, 6) is -0.953. The van der Waals surface area contributed by atoms with Crippen LogP contribution in [-0.2, 0) is 0 Å². The number of benzene rings is 4. The number of carbonyl (C=O) groups excluding carboxylic acids is 1. The van der Waals surface area contributed by atoms with Crippen LogP contribution in [0.3, 0.4) is 0 Å². The molecule has 4 rings (SSSR count). The Labute approximate surface area is 191 Å². The van der Waals surface area contributed by atoms with Crippen LogP contribution in [0, 0.1) is 0 Å². The second kappa shape index (κ2) is 10.2. The van der Waals surface area contributed by atoms with Crippen molar-refractivity contribution in [2.45, 2.75) is 6.10 Å². The molecule has 2 amide bonds. The number of anilines is 2. The van der Waals surface area contributed by atoms with Gasteiger partial charge < -0.3 is 20.5 Å². The zero-order valence-corrected chi connectivity index (χ0v) is 17.6. The highest BCUT2D eigenvalue weighted by molar-refractivity contribution is 6.01. The molecule has 6 nitrogen and oxygen atoms in total. The lowest BCUT2D eigenvalue weighted by atomic mass is 10.0. The number of rotatable bonds is 7. The number of carbonyl (C=O) groups is 2. The third-order valence-corrected chi connectivity index (χ3v) is 4.95. The van der Waals surface area contributed by atoms with Crippen molar-refractivity contribution in [3.63, 3.8) is 0 Å². The molecule has 33 heavy (non-hydrogen) atoms. The minimum Gasteiger partial charge on any atom is -0.480 e. The summed E-state index contributed by atoms with van der Waals surface area (Å²) < 4.78 is 6.23. The third-order valence-electron chi connectivity index (χ3n) is 4.95. The Morgan fingerprint density at radius 2 is 1.18 bits per heavy atom. The Balaban J connectivity index is 1.59. The summed E-state index contributed by atoms with van der Waals surface area (Å²) in [6.45, 7) is 0. The Kier molecular flexibility index (Phi) is 6.66. The average molecular weight is 438 g/mol. The van der Waals surface area contributed by atoms with Crippen molar-refractivity contribution in [2.75, 3.05) is 10.6 Å². The first-order chi connectivity index (χ1) is 16.1. The minimum absolute atomic E-state index is 0.0515. The first-order valence-corrected chi connectivity index (χ1v) is 10.4. The molecule has 0 unspecified atom stereocenters. The van der Waals surface area contributed by atoms with Crippen LogP contribution < -0.4 is 15.4 Å². The van der Waals surface area contributed by atoms with Gasteiger partial charge in [0, 0.05) is 11.4 Å². The molecule has 0 heterocycles. The van der Waals surface area contributed by atoms with Gasteiger partial charge in [0.1, 0.15) is 17.4 Å². The van der Waals surface area contributed by atoms with Crippen molar-refractivity contribution in [2.24, 2.45) is 0 Å². The van der Waals surface area contributed by atoms with Gasteiger partial charge >= 0.3 is 12.0 Å². The number of hydrogen-bond donors (Lipinski definition) is 3.